The number of esters is 1. The van der Waals surface area contributed by atoms with E-state index in [2.05, 4.69) is 5.32 Å². The lowest BCUT2D eigenvalue weighted by Gasteiger charge is -2.03. The normalized spacial score (nSPS) is 10.5. The van der Waals surface area contributed by atoms with Crippen LogP contribution in [0.4, 0.5) is 0 Å². The van der Waals surface area contributed by atoms with E-state index in [9.17, 15) is 9.59 Å². The third-order valence-corrected chi connectivity index (χ3v) is 2.60. The molecule has 108 valence electrons. The van der Waals surface area contributed by atoms with Gasteiger partial charge in [-0.3, -0.25) is 4.79 Å². The lowest BCUT2D eigenvalue weighted by atomic mass is 10.2. The van der Waals surface area contributed by atoms with E-state index < -0.39 is 5.97 Å². The van der Waals surface area contributed by atoms with E-state index in [1.54, 1.807) is 18.2 Å². The van der Waals surface area contributed by atoms with Crippen molar-refractivity contribution >= 4 is 18.0 Å². The Labute approximate surface area is 122 Å². The summed E-state index contributed by atoms with van der Waals surface area (Å²) in [6.45, 7) is -0.0537. The monoisotopic (exact) mass is 285 g/mol. The van der Waals surface area contributed by atoms with E-state index in [1.807, 2.05) is 30.3 Å². The van der Waals surface area contributed by atoms with Crippen molar-refractivity contribution in [3.05, 3.63) is 66.1 Å². The maximum atomic E-state index is 11.5. The minimum atomic E-state index is -0.563. The van der Waals surface area contributed by atoms with Crippen LogP contribution in [0.5, 0.6) is 0 Å². The van der Waals surface area contributed by atoms with E-state index in [1.165, 1.54) is 12.3 Å². The van der Waals surface area contributed by atoms with Crippen LogP contribution in [0.1, 0.15) is 11.3 Å². The van der Waals surface area contributed by atoms with Gasteiger partial charge in [-0.2, -0.15) is 0 Å². The van der Waals surface area contributed by atoms with Crippen LogP contribution in [0.2, 0.25) is 0 Å². The molecule has 0 spiro atoms. The predicted octanol–water partition coefficient (Wildman–Crippen LogP) is 2.15. The second kappa shape index (κ2) is 7.69. The zero-order chi connectivity index (χ0) is 14.9. The van der Waals surface area contributed by atoms with Gasteiger partial charge in [-0.15, -0.1) is 0 Å². The number of hydrogen-bond acceptors (Lipinski definition) is 4. The SMILES string of the molecule is O=C(COC(=O)/C=C\c1ccccc1)NCc1ccco1. The van der Waals surface area contributed by atoms with Crippen LogP contribution >= 0.6 is 0 Å². The molecule has 2 rings (SSSR count). The van der Waals surface area contributed by atoms with E-state index in [-0.39, 0.29) is 19.1 Å². The van der Waals surface area contributed by atoms with Gasteiger partial charge in [0.25, 0.3) is 5.91 Å². The zero-order valence-corrected chi connectivity index (χ0v) is 11.3. The molecule has 0 aliphatic heterocycles. The van der Waals surface area contributed by atoms with Gasteiger partial charge in [-0.05, 0) is 23.8 Å². The Kier molecular flexibility index (Phi) is 5.34. The molecule has 2 aromatic rings. The van der Waals surface area contributed by atoms with Crippen molar-refractivity contribution < 1.29 is 18.7 Å². The van der Waals surface area contributed by atoms with Gasteiger partial charge in [0.2, 0.25) is 0 Å². The highest BCUT2D eigenvalue weighted by atomic mass is 16.5. The topological polar surface area (TPSA) is 68.5 Å². The number of carbonyl (C=O) groups excluding carboxylic acids is 2. The van der Waals surface area contributed by atoms with Gasteiger partial charge in [0.05, 0.1) is 12.8 Å². The van der Waals surface area contributed by atoms with Crippen molar-refractivity contribution in [2.75, 3.05) is 6.61 Å². The van der Waals surface area contributed by atoms with Crippen LogP contribution in [-0.4, -0.2) is 18.5 Å². The van der Waals surface area contributed by atoms with Gasteiger partial charge in [-0.25, -0.2) is 4.79 Å². The van der Waals surface area contributed by atoms with Gasteiger partial charge in [-0.1, -0.05) is 30.3 Å². The molecule has 0 fully saturated rings. The molecule has 0 saturated heterocycles. The quantitative estimate of drug-likeness (QED) is 0.652. The average molecular weight is 285 g/mol. The molecule has 1 heterocycles. The number of amides is 1. The molecule has 21 heavy (non-hydrogen) atoms. The Morgan fingerprint density at radius 3 is 2.67 bits per heavy atom. The smallest absolute Gasteiger partial charge is 0.331 e. The van der Waals surface area contributed by atoms with Gasteiger partial charge >= 0.3 is 5.97 Å². The van der Waals surface area contributed by atoms with Crippen molar-refractivity contribution in [2.24, 2.45) is 0 Å². The van der Waals surface area contributed by atoms with Crippen molar-refractivity contribution in [3.63, 3.8) is 0 Å². The number of carbonyl (C=O) groups is 2. The average Bonchev–Trinajstić information content (AvgIpc) is 3.03. The first-order valence-corrected chi connectivity index (χ1v) is 6.43. The molecule has 5 nitrogen and oxygen atoms in total. The van der Waals surface area contributed by atoms with Crippen LogP contribution in [0.3, 0.4) is 0 Å². The van der Waals surface area contributed by atoms with Crippen molar-refractivity contribution in [1.29, 1.82) is 0 Å². The summed E-state index contributed by atoms with van der Waals surface area (Å²) in [5.74, 6) is -0.307. The number of ether oxygens (including phenoxy) is 1. The molecule has 0 saturated carbocycles. The summed E-state index contributed by atoms with van der Waals surface area (Å²) in [4.78, 5) is 22.9. The van der Waals surface area contributed by atoms with E-state index in [0.29, 0.717) is 5.76 Å². The summed E-state index contributed by atoms with van der Waals surface area (Å²) >= 11 is 0. The van der Waals surface area contributed by atoms with Crippen LogP contribution in [0, 0.1) is 0 Å². The zero-order valence-electron chi connectivity index (χ0n) is 11.3. The maximum absolute atomic E-state index is 11.5. The van der Waals surface area contributed by atoms with Crippen LogP contribution in [0.25, 0.3) is 6.08 Å². The highest BCUT2D eigenvalue weighted by Gasteiger charge is 2.05. The van der Waals surface area contributed by atoms with Crippen LogP contribution in [-0.2, 0) is 20.9 Å². The Morgan fingerprint density at radius 2 is 1.95 bits per heavy atom. The van der Waals surface area contributed by atoms with Crippen molar-refractivity contribution in [2.45, 2.75) is 6.54 Å². The van der Waals surface area contributed by atoms with Gasteiger partial charge in [0.1, 0.15) is 5.76 Å². The molecule has 0 radical (unpaired) electrons. The summed E-state index contributed by atoms with van der Waals surface area (Å²) in [7, 11) is 0. The Morgan fingerprint density at radius 1 is 1.14 bits per heavy atom. The molecule has 0 aliphatic rings. The lowest BCUT2D eigenvalue weighted by molar-refractivity contribution is -0.143. The molecule has 1 amide bonds. The molecule has 1 aromatic heterocycles. The molecule has 0 unspecified atom stereocenters. The Balaban J connectivity index is 1.68. The Hall–Kier alpha value is -2.82. The molecule has 0 atom stereocenters. The standard InChI is InChI=1S/C16H15NO4/c18-15(17-11-14-7-4-10-20-14)12-21-16(19)9-8-13-5-2-1-3-6-13/h1-10H,11-12H2,(H,17,18)/b9-8-. The van der Waals surface area contributed by atoms with Crippen molar-refractivity contribution in [1.82, 2.24) is 5.32 Å². The number of benzene rings is 1. The number of rotatable bonds is 6. The minimum absolute atomic E-state index is 0.267. The number of hydrogen-bond donors (Lipinski definition) is 1. The third kappa shape index (κ3) is 5.36. The maximum Gasteiger partial charge on any atom is 0.331 e. The largest absolute Gasteiger partial charge is 0.467 e. The fourth-order valence-corrected chi connectivity index (χ4v) is 1.56. The molecule has 1 aromatic carbocycles. The second-order valence-electron chi connectivity index (χ2n) is 4.21. The molecular weight excluding hydrogens is 270 g/mol. The fourth-order valence-electron chi connectivity index (χ4n) is 1.56. The van der Waals surface area contributed by atoms with E-state index in [0.717, 1.165) is 5.56 Å². The van der Waals surface area contributed by atoms with E-state index in [4.69, 9.17) is 9.15 Å². The summed E-state index contributed by atoms with van der Waals surface area (Å²) < 4.78 is 9.89. The molecule has 1 N–H and O–H groups in total. The molecular formula is C16H15NO4. The van der Waals surface area contributed by atoms with Gasteiger partial charge in [0.15, 0.2) is 6.61 Å². The summed E-state index contributed by atoms with van der Waals surface area (Å²) in [6.07, 6.45) is 4.44. The first-order chi connectivity index (χ1) is 10.2. The second-order valence-corrected chi connectivity index (χ2v) is 4.21. The summed E-state index contributed by atoms with van der Waals surface area (Å²) in [6, 6.07) is 12.8. The minimum Gasteiger partial charge on any atom is -0.467 e. The van der Waals surface area contributed by atoms with Gasteiger partial charge in [0, 0.05) is 6.08 Å². The first-order valence-electron chi connectivity index (χ1n) is 6.43. The highest BCUT2D eigenvalue weighted by molar-refractivity contribution is 5.89. The number of nitrogens with one attached hydrogen (secondary N) is 1. The van der Waals surface area contributed by atoms with E-state index >= 15 is 0 Å². The molecule has 0 bridgehead atoms. The van der Waals surface area contributed by atoms with Gasteiger partial charge < -0.3 is 14.5 Å². The fraction of sp³-hybridized carbons (Fsp3) is 0.125. The lowest BCUT2D eigenvalue weighted by Crippen LogP contribution is -2.27. The first kappa shape index (κ1) is 14.6. The Bertz CT molecular complexity index is 602. The van der Waals surface area contributed by atoms with Crippen molar-refractivity contribution in [3.8, 4) is 0 Å². The number of furan rings is 1. The van der Waals surface area contributed by atoms with Crippen LogP contribution < -0.4 is 5.32 Å². The molecule has 0 aliphatic carbocycles. The summed E-state index contributed by atoms with van der Waals surface area (Å²) in [5, 5.41) is 2.58. The van der Waals surface area contributed by atoms with Crippen LogP contribution in [0.15, 0.2) is 59.2 Å². The third-order valence-electron chi connectivity index (χ3n) is 2.60. The predicted molar refractivity (Wildman–Crippen MR) is 77.0 cm³/mol. The highest BCUT2D eigenvalue weighted by Crippen LogP contribution is 2.01. The summed E-state index contributed by atoms with van der Waals surface area (Å²) in [5.41, 5.74) is 0.886. The molecule has 5 heteroatoms.